The van der Waals surface area contributed by atoms with Gasteiger partial charge in [0.2, 0.25) is 15.9 Å². The molecule has 1 aliphatic heterocycles. The smallest absolute Gasteiger partial charge is 0.338 e. The second-order valence-electron chi connectivity index (χ2n) is 7.90. The van der Waals surface area contributed by atoms with Crippen LogP contribution in [0.2, 0.25) is 0 Å². The first-order chi connectivity index (χ1) is 15.8. The van der Waals surface area contributed by atoms with Gasteiger partial charge in [0, 0.05) is 39.6 Å². The Morgan fingerprint density at radius 1 is 1.06 bits per heavy atom. The minimum Gasteiger partial charge on any atom is -0.449 e. The van der Waals surface area contributed by atoms with E-state index in [1.54, 1.807) is 13.8 Å². The Morgan fingerprint density at radius 3 is 2.45 bits per heavy atom. The van der Waals surface area contributed by atoms with Crippen LogP contribution in [0.1, 0.15) is 40.7 Å². The molecule has 0 spiro atoms. The average molecular weight is 471 g/mol. The Kier molecular flexibility index (Phi) is 6.87. The molecule has 2 aromatic carbocycles. The molecule has 1 unspecified atom stereocenters. The zero-order chi connectivity index (χ0) is 23.4. The highest BCUT2D eigenvalue weighted by molar-refractivity contribution is 7.89. The zero-order valence-corrected chi connectivity index (χ0v) is 19.4. The van der Waals surface area contributed by atoms with Crippen molar-refractivity contribution in [3.05, 3.63) is 77.5 Å². The van der Waals surface area contributed by atoms with E-state index in [4.69, 9.17) is 9.15 Å². The van der Waals surface area contributed by atoms with Crippen molar-refractivity contribution >= 4 is 16.0 Å². The summed E-state index contributed by atoms with van der Waals surface area (Å²) in [5.74, 6) is -0.120. The van der Waals surface area contributed by atoms with Crippen molar-refractivity contribution in [1.82, 2.24) is 19.4 Å². The molecule has 9 nitrogen and oxygen atoms in total. The van der Waals surface area contributed by atoms with E-state index in [0.717, 1.165) is 6.54 Å². The maximum Gasteiger partial charge on any atom is 0.338 e. The van der Waals surface area contributed by atoms with Gasteiger partial charge in [-0.2, -0.15) is 4.31 Å². The predicted molar refractivity (Wildman–Crippen MR) is 120 cm³/mol. The van der Waals surface area contributed by atoms with E-state index in [2.05, 4.69) is 27.2 Å². The molecule has 2 heterocycles. The summed E-state index contributed by atoms with van der Waals surface area (Å²) < 4.78 is 38.5. The molecule has 1 atom stereocenters. The van der Waals surface area contributed by atoms with Crippen molar-refractivity contribution in [2.45, 2.75) is 31.4 Å². The summed E-state index contributed by atoms with van der Waals surface area (Å²) >= 11 is 0. The standard InChI is InChI=1S/C23H26N4O5S/c1-17(22-25-24-18(2)32-22)31-23(28)20-9-6-10-21(15-20)33(29,30)27-13-11-26(12-14-27)16-19-7-4-3-5-8-19/h3-10,15,17H,11-14,16H2,1-2H3. The number of hydrogen-bond donors (Lipinski definition) is 0. The summed E-state index contributed by atoms with van der Waals surface area (Å²) in [5, 5.41) is 7.56. The number of sulfonamides is 1. The lowest BCUT2D eigenvalue weighted by Crippen LogP contribution is -2.48. The third kappa shape index (κ3) is 5.47. The first-order valence-electron chi connectivity index (χ1n) is 10.7. The normalized spacial score (nSPS) is 16.4. The van der Waals surface area contributed by atoms with Gasteiger partial charge in [0.25, 0.3) is 5.89 Å². The van der Waals surface area contributed by atoms with Crippen LogP contribution in [0.25, 0.3) is 0 Å². The van der Waals surface area contributed by atoms with Gasteiger partial charge in [-0.15, -0.1) is 10.2 Å². The molecule has 0 bridgehead atoms. The van der Waals surface area contributed by atoms with Crippen LogP contribution in [0.15, 0.2) is 63.9 Å². The summed E-state index contributed by atoms with van der Waals surface area (Å²) in [6, 6.07) is 16.0. The fourth-order valence-corrected chi connectivity index (χ4v) is 5.13. The number of carbonyl (C=O) groups excluding carboxylic acids is 1. The Hall–Kier alpha value is -3.08. The second kappa shape index (κ2) is 9.82. The maximum atomic E-state index is 13.2. The quantitative estimate of drug-likeness (QED) is 0.486. The lowest BCUT2D eigenvalue weighted by Gasteiger charge is -2.34. The van der Waals surface area contributed by atoms with Gasteiger partial charge in [0.1, 0.15) is 0 Å². The summed E-state index contributed by atoms with van der Waals surface area (Å²) in [5.41, 5.74) is 1.34. The van der Waals surface area contributed by atoms with Crippen molar-refractivity contribution in [3.63, 3.8) is 0 Å². The van der Waals surface area contributed by atoms with Crippen LogP contribution in [-0.2, 0) is 21.3 Å². The molecule has 10 heteroatoms. The fraction of sp³-hybridized carbons (Fsp3) is 0.348. The van der Waals surface area contributed by atoms with E-state index in [1.807, 2.05) is 18.2 Å². The molecule has 174 valence electrons. The van der Waals surface area contributed by atoms with Gasteiger partial charge in [0.15, 0.2) is 6.10 Å². The number of carbonyl (C=O) groups is 1. The molecular weight excluding hydrogens is 444 g/mol. The number of aromatic nitrogens is 2. The molecule has 0 radical (unpaired) electrons. The molecule has 1 saturated heterocycles. The topological polar surface area (TPSA) is 106 Å². The SMILES string of the molecule is Cc1nnc(C(C)OC(=O)c2cccc(S(=O)(=O)N3CCN(Cc4ccccc4)CC3)c2)o1. The van der Waals surface area contributed by atoms with E-state index in [-0.39, 0.29) is 16.3 Å². The van der Waals surface area contributed by atoms with E-state index in [0.29, 0.717) is 32.1 Å². The first-order valence-corrected chi connectivity index (χ1v) is 12.1. The summed E-state index contributed by atoms with van der Waals surface area (Å²) in [4.78, 5) is 14.9. The highest BCUT2D eigenvalue weighted by atomic mass is 32.2. The lowest BCUT2D eigenvalue weighted by molar-refractivity contribution is 0.0276. The molecule has 3 aromatic rings. The van der Waals surface area contributed by atoms with Crippen molar-refractivity contribution in [1.29, 1.82) is 0 Å². The number of piperazine rings is 1. The number of benzene rings is 2. The second-order valence-corrected chi connectivity index (χ2v) is 9.84. The van der Waals surface area contributed by atoms with Crippen LogP contribution in [0.4, 0.5) is 0 Å². The van der Waals surface area contributed by atoms with E-state index in [9.17, 15) is 13.2 Å². The Bertz CT molecular complexity index is 1200. The van der Waals surface area contributed by atoms with Crippen LogP contribution in [-0.4, -0.2) is 60.0 Å². The molecule has 33 heavy (non-hydrogen) atoms. The number of hydrogen-bond acceptors (Lipinski definition) is 8. The monoisotopic (exact) mass is 470 g/mol. The largest absolute Gasteiger partial charge is 0.449 e. The fourth-order valence-electron chi connectivity index (χ4n) is 3.66. The molecule has 0 N–H and O–H groups in total. The number of aryl methyl sites for hydroxylation is 1. The molecule has 1 fully saturated rings. The van der Waals surface area contributed by atoms with Gasteiger partial charge >= 0.3 is 5.97 Å². The Morgan fingerprint density at radius 2 is 1.79 bits per heavy atom. The number of esters is 1. The Labute approximate surface area is 193 Å². The third-order valence-corrected chi connectivity index (χ3v) is 7.36. The maximum absolute atomic E-state index is 13.2. The van der Waals surface area contributed by atoms with E-state index < -0.39 is 22.1 Å². The van der Waals surface area contributed by atoms with Crippen molar-refractivity contribution < 1.29 is 22.4 Å². The van der Waals surface area contributed by atoms with Gasteiger partial charge in [-0.25, -0.2) is 13.2 Å². The van der Waals surface area contributed by atoms with Crippen LogP contribution < -0.4 is 0 Å². The molecule has 4 rings (SSSR count). The van der Waals surface area contributed by atoms with E-state index in [1.165, 1.54) is 34.1 Å². The molecule has 1 aliphatic rings. The highest BCUT2D eigenvalue weighted by Crippen LogP contribution is 2.22. The molecular formula is C23H26N4O5S. The third-order valence-electron chi connectivity index (χ3n) is 5.46. The van der Waals surface area contributed by atoms with Gasteiger partial charge in [-0.1, -0.05) is 36.4 Å². The molecule has 1 aromatic heterocycles. The predicted octanol–water partition coefficient (Wildman–Crippen LogP) is 2.80. The van der Waals surface area contributed by atoms with Crippen LogP contribution in [0.5, 0.6) is 0 Å². The highest BCUT2D eigenvalue weighted by Gasteiger charge is 2.29. The van der Waals surface area contributed by atoms with Gasteiger partial charge in [0.05, 0.1) is 10.5 Å². The van der Waals surface area contributed by atoms with E-state index >= 15 is 0 Å². The minimum absolute atomic E-state index is 0.0646. The molecule has 0 saturated carbocycles. The van der Waals surface area contributed by atoms with Crippen LogP contribution in [0, 0.1) is 6.92 Å². The van der Waals surface area contributed by atoms with Crippen LogP contribution >= 0.6 is 0 Å². The van der Waals surface area contributed by atoms with Crippen molar-refractivity contribution in [2.24, 2.45) is 0 Å². The summed E-state index contributed by atoms with van der Waals surface area (Å²) in [6.07, 6.45) is -0.753. The van der Waals surface area contributed by atoms with Gasteiger partial charge in [-0.3, -0.25) is 4.90 Å². The molecule has 0 amide bonds. The van der Waals surface area contributed by atoms with Crippen LogP contribution in [0.3, 0.4) is 0 Å². The van der Waals surface area contributed by atoms with Gasteiger partial charge < -0.3 is 9.15 Å². The van der Waals surface area contributed by atoms with Gasteiger partial charge in [-0.05, 0) is 30.7 Å². The Balaban J connectivity index is 1.40. The first kappa shape index (κ1) is 23.1. The number of nitrogens with zero attached hydrogens (tertiary/aromatic N) is 4. The van der Waals surface area contributed by atoms with Crippen molar-refractivity contribution in [2.75, 3.05) is 26.2 Å². The average Bonchev–Trinajstić information content (AvgIpc) is 3.27. The molecule has 0 aliphatic carbocycles. The lowest BCUT2D eigenvalue weighted by atomic mass is 10.2. The summed E-state index contributed by atoms with van der Waals surface area (Å²) in [7, 11) is -3.73. The van der Waals surface area contributed by atoms with Crippen molar-refractivity contribution in [3.8, 4) is 0 Å². The number of rotatable bonds is 7. The number of ether oxygens (including phenoxy) is 1. The summed E-state index contributed by atoms with van der Waals surface area (Å²) in [6.45, 7) is 6.08. The zero-order valence-electron chi connectivity index (χ0n) is 18.5. The minimum atomic E-state index is -3.73.